The molecule has 0 heterocycles. The first-order valence-corrected chi connectivity index (χ1v) is 24.8. The Hall–Kier alpha value is -0.120. The number of hydrogen-bond donors (Lipinski definition) is 0. The summed E-state index contributed by atoms with van der Waals surface area (Å²) < 4.78 is 6.19. The Bertz CT molecular complexity index is 735. The van der Waals surface area contributed by atoms with E-state index in [0.717, 1.165) is 11.7 Å². The third kappa shape index (κ3) is 15.2. The quantitative estimate of drug-likeness (QED) is 0.0784. The molecule has 1 aromatic carbocycles. The van der Waals surface area contributed by atoms with Gasteiger partial charge in [0.05, 0.1) is 56.4 Å². The van der Waals surface area contributed by atoms with E-state index in [2.05, 4.69) is 67.5 Å². The lowest BCUT2D eigenvalue weighted by Gasteiger charge is -2.32. The molecule has 0 saturated carbocycles. The van der Waals surface area contributed by atoms with Gasteiger partial charge in [0.2, 0.25) is 0 Å². The van der Waals surface area contributed by atoms with Crippen LogP contribution in [-0.4, -0.2) is 44.1 Å². The van der Waals surface area contributed by atoms with Gasteiger partial charge in [-0.15, -0.1) is 0 Å². The largest absolute Gasteiger partial charge is 0.497 e. The van der Waals surface area contributed by atoms with Gasteiger partial charge in [-0.2, -0.15) is 0 Å². The molecule has 0 fully saturated rings. The molecule has 0 aliphatic heterocycles. The van der Waals surface area contributed by atoms with E-state index in [0.29, 0.717) is 0 Å². The average molecular weight is 651 g/mol. The molecule has 1 nitrogen and oxygen atoms in total. The van der Waals surface area contributed by atoms with E-state index in [4.69, 9.17) is 4.74 Å². The van der Waals surface area contributed by atoms with Crippen LogP contribution in [0.4, 0.5) is 0 Å². The molecule has 1 rings (SSSR count). The number of benzene rings is 1. The molecular weight excluding hydrogens is 570 g/mol. The maximum atomic E-state index is 6.19. The highest BCUT2D eigenvalue weighted by atomic mass is 31.2. The molecule has 0 saturated heterocycles. The Balaban J connectivity index is 3.90. The molecule has 0 radical (unpaired) electrons. The lowest BCUT2D eigenvalue weighted by Crippen LogP contribution is -2.17. The molecule has 0 bridgehead atoms. The lowest BCUT2D eigenvalue weighted by molar-refractivity contribution is 0.412. The summed E-state index contributed by atoms with van der Waals surface area (Å²) in [5, 5.41) is 0. The van der Waals surface area contributed by atoms with Crippen molar-refractivity contribution in [1.29, 1.82) is 0 Å². The van der Waals surface area contributed by atoms with Crippen molar-refractivity contribution < 1.29 is 4.74 Å². The summed E-state index contributed by atoms with van der Waals surface area (Å²) in [6, 6.07) is 5.10. The molecule has 3 heteroatoms. The first kappa shape index (κ1) is 41.9. The van der Waals surface area contributed by atoms with E-state index < -0.39 is 14.5 Å². The second kappa shape index (κ2) is 25.0. The first-order valence-electron chi connectivity index (χ1n) is 19.7. The van der Waals surface area contributed by atoms with Gasteiger partial charge >= 0.3 is 0 Å². The predicted molar refractivity (Wildman–Crippen MR) is 210 cm³/mol. The van der Waals surface area contributed by atoms with E-state index in [-0.39, 0.29) is 0 Å². The molecular formula is C41H80OP2+2. The SMILES string of the molecule is CCCCC(CC)Cc1c(C[P+](CCCC)(CCCC)CCCC)cc(OC)cc1C[P+](CCCC)(CCCC)CCCC. The van der Waals surface area contributed by atoms with E-state index in [1.807, 2.05) is 7.11 Å². The van der Waals surface area contributed by atoms with Crippen molar-refractivity contribution in [2.45, 2.75) is 177 Å². The highest BCUT2D eigenvalue weighted by Gasteiger charge is 2.40. The second-order valence-corrected chi connectivity index (χ2v) is 23.2. The molecule has 0 aromatic heterocycles. The number of rotatable bonds is 29. The van der Waals surface area contributed by atoms with Crippen LogP contribution < -0.4 is 4.74 Å². The van der Waals surface area contributed by atoms with Crippen LogP contribution in [0, 0.1) is 5.92 Å². The third-order valence-electron chi connectivity index (χ3n) is 10.6. The van der Waals surface area contributed by atoms with Crippen molar-refractivity contribution in [3.8, 4) is 5.75 Å². The normalized spacial score (nSPS) is 13.0. The fourth-order valence-corrected chi connectivity index (χ4v) is 17.7. The molecule has 44 heavy (non-hydrogen) atoms. The Morgan fingerprint density at radius 1 is 0.523 bits per heavy atom. The summed E-state index contributed by atoms with van der Waals surface area (Å²) in [4.78, 5) is 0. The van der Waals surface area contributed by atoms with Crippen LogP contribution in [0.5, 0.6) is 5.75 Å². The zero-order valence-electron chi connectivity index (χ0n) is 31.7. The van der Waals surface area contributed by atoms with Crippen LogP contribution in [0.1, 0.15) is 175 Å². The van der Waals surface area contributed by atoms with Crippen LogP contribution in [0.2, 0.25) is 0 Å². The molecule has 1 unspecified atom stereocenters. The van der Waals surface area contributed by atoms with Crippen molar-refractivity contribution in [2.24, 2.45) is 5.92 Å². The van der Waals surface area contributed by atoms with Gasteiger partial charge in [0.25, 0.3) is 0 Å². The highest BCUT2D eigenvalue weighted by molar-refractivity contribution is 7.75. The van der Waals surface area contributed by atoms with Gasteiger partial charge in [0.1, 0.15) is 5.75 Å². The molecule has 0 spiro atoms. The monoisotopic (exact) mass is 651 g/mol. The van der Waals surface area contributed by atoms with Crippen LogP contribution in [0.25, 0.3) is 0 Å². The van der Waals surface area contributed by atoms with E-state index in [1.165, 1.54) is 158 Å². The second-order valence-electron chi connectivity index (χ2n) is 14.5. The third-order valence-corrected chi connectivity index (χ3v) is 20.2. The van der Waals surface area contributed by atoms with Gasteiger partial charge < -0.3 is 4.74 Å². The van der Waals surface area contributed by atoms with E-state index >= 15 is 0 Å². The zero-order chi connectivity index (χ0) is 32.7. The van der Waals surface area contributed by atoms with Gasteiger partial charge in [0, 0.05) is 14.5 Å². The number of methoxy groups -OCH3 is 1. The number of ether oxygens (including phenoxy) is 1. The fourth-order valence-electron chi connectivity index (χ4n) is 7.49. The molecule has 258 valence electrons. The van der Waals surface area contributed by atoms with Gasteiger partial charge in [-0.25, -0.2) is 0 Å². The van der Waals surface area contributed by atoms with Gasteiger partial charge in [-0.3, -0.25) is 0 Å². The smallest absolute Gasteiger partial charge is 0.119 e. The van der Waals surface area contributed by atoms with Crippen LogP contribution >= 0.6 is 14.5 Å². The molecule has 1 aromatic rings. The van der Waals surface area contributed by atoms with E-state index in [9.17, 15) is 0 Å². The Morgan fingerprint density at radius 3 is 1.14 bits per heavy atom. The summed E-state index contributed by atoms with van der Waals surface area (Å²) in [5.41, 5.74) is 5.26. The maximum absolute atomic E-state index is 6.19. The van der Waals surface area contributed by atoms with Crippen LogP contribution in [0.3, 0.4) is 0 Å². The Labute approximate surface area is 279 Å². The first-order chi connectivity index (χ1) is 21.3. The lowest BCUT2D eigenvalue weighted by atomic mass is 9.88. The Kier molecular flexibility index (Phi) is 23.8. The molecule has 0 N–H and O–H groups in total. The van der Waals surface area contributed by atoms with Crippen molar-refractivity contribution in [3.63, 3.8) is 0 Å². The number of unbranched alkanes of at least 4 members (excludes halogenated alkanes) is 7. The number of hydrogen-bond acceptors (Lipinski definition) is 1. The average Bonchev–Trinajstić information content (AvgIpc) is 3.04. The summed E-state index contributed by atoms with van der Waals surface area (Å²) in [5.74, 6) is 1.96. The van der Waals surface area contributed by atoms with Gasteiger partial charge in [0.15, 0.2) is 0 Å². The minimum absolute atomic E-state index is 0.810. The van der Waals surface area contributed by atoms with E-state index in [1.54, 1.807) is 16.7 Å². The molecule has 0 aliphatic rings. The van der Waals surface area contributed by atoms with Crippen molar-refractivity contribution in [1.82, 2.24) is 0 Å². The predicted octanol–water partition coefficient (Wildman–Crippen LogP) is 14.3. The fraction of sp³-hybridized carbons (Fsp3) is 0.854. The summed E-state index contributed by atoms with van der Waals surface area (Å²) >= 11 is 0. The minimum atomic E-state index is -1.07. The summed E-state index contributed by atoms with van der Waals surface area (Å²) in [6.07, 6.45) is 35.0. The summed E-state index contributed by atoms with van der Waals surface area (Å²) in [7, 11) is -0.206. The minimum Gasteiger partial charge on any atom is -0.497 e. The highest BCUT2D eigenvalue weighted by Crippen LogP contribution is 2.66. The summed E-state index contributed by atoms with van der Waals surface area (Å²) in [6.45, 7) is 19.3. The van der Waals surface area contributed by atoms with Crippen LogP contribution in [-0.2, 0) is 18.7 Å². The molecule has 0 aliphatic carbocycles. The molecule has 1 atom stereocenters. The Morgan fingerprint density at radius 2 is 0.864 bits per heavy atom. The zero-order valence-corrected chi connectivity index (χ0v) is 33.5. The standard InChI is InChI=1S/C41H80OP2/c1-10-18-25-37(17-8)32-41-38(35-43(26-19-11-2,27-20-12-3)28-21-13-4)33-40(42-9)34-39(41)36-44(29-22-14-5,30-23-15-6)31-24-16-7/h33-34,37H,10-32,35-36H2,1-9H3/q+2. The van der Waals surface area contributed by atoms with Gasteiger partial charge in [-0.05, 0) is 79.7 Å². The topological polar surface area (TPSA) is 9.23 Å². The molecule has 0 amide bonds. The van der Waals surface area contributed by atoms with Crippen molar-refractivity contribution in [2.75, 3.05) is 44.1 Å². The van der Waals surface area contributed by atoms with Crippen molar-refractivity contribution >= 4 is 14.5 Å². The van der Waals surface area contributed by atoms with Crippen molar-refractivity contribution in [3.05, 3.63) is 28.8 Å². The van der Waals surface area contributed by atoms with Gasteiger partial charge in [-0.1, -0.05) is 120 Å². The maximum Gasteiger partial charge on any atom is 0.119 e. The van der Waals surface area contributed by atoms with Crippen LogP contribution in [0.15, 0.2) is 12.1 Å².